The molecule has 0 saturated heterocycles. The lowest BCUT2D eigenvalue weighted by Crippen LogP contribution is -2.27. The molecule has 0 spiro atoms. The van der Waals surface area contributed by atoms with E-state index in [1.165, 1.54) is 12.1 Å². The zero-order valence-corrected chi connectivity index (χ0v) is 20.7. The third-order valence-electron chi connectivity index (χ3n) is 6.00. The minimum absolute atomic E-state index is 0.0647. The molecule has 1 aromatic heterocycles. The molecule has 194 valence electrons. The van der Waals surface area contributed by atoms with E-state index in [1.807, 2.05) is 49.4 Å². The summed E-state index contributed by atoms with van der Waals surface area (Å²) in [6.45, 7) is 2.39. The van der Waals surface area contributed by atoms with Crippen molar-refractivity contribution in [3.05, 3.63) is 106 Å². The maximum Gasteiger partial charge on any atom is 0.573 e. The van der Waals surface area contributed by atoms with E-state index in [0.29, 0.717) is 28.7 Å². The van der Waals surface area contributed by atoms with Crippen LogP contribution in [0.15, 0.2) is 84.0 Å². The summed E-state index contributed by atoms with van der Waals surface area (Å²) in [5.74, 6) is -0.219. The molecule has 5 rings (SSSR count). The van der Waals surface area contributed by atoms with E-state index in [0.717, 1.165) is 22.5 Å². The van der Waals surface area contributed by atoms with Crippen molar-refractivity contribution in [2.24, 2.45) is 5.10 Å². The van der Waals surface area contributed by atoms with Crippen molar-refractivity contribution in [2.75, 3.05) is 0 Å². The first-order valence-corrected chi connectivity index (χ1v) is 12.0. The third-order valence-corrected chi connectivity index (χ3v) is 6.25. The van der Waals surface area contributed by atoms with Gasteiger partial charge in [-0.1, -0.05) is 42.8 Å². The van der Waals surface area contributed by atoms with Crippen LogP contribution in [0.5, 0.6) is 5.75 Å². The number of hydrazone groups is 1. The molecule has 1 aliphatic rings. The number of ether oxygens (including phenoxy) is 1. The van der Waals surface area contributed by atoms with Crippen LogP contribution in [0.2, 0.25) is 5.02 Å². The molecule has 4 aromatic rings. The molecule has 1 aliphatic heterocycles. The SMILES string of the molecule is CC(c1ccc(Cl)cc1)c1cc(-c2ccc(OC(F)(F)F)cc2)n(Cc2ccc(C(=O)NC3=NN3)cc2)n1. The van der Waals surface area contributed by atoms with Gasteiger partial charge in [0.05, 0.1) is 17.9 Å². The maximum atomic E-state index is 12.6. The molecule has 1 unspecified atom stereocenters. The van der Waals surface area contributed by atoms with E-state index in [9.17, 15) is 18.0 Å². The Labute approximate surface area is 220 Å². The van der Waals surface area contributed by atoms with Gasteiger partial charge < -0.3 is 4.74 Å². The lowest BCUT2D eigenvalue weighted by molar-refractivity contribution is -0.274. The van der Waals surface area contributed by atoms with Crippen LogP contribution in [0.1, 0.15) is 40.0 Å². The highest BCUT2D eigenvalue weighted by molar-refractivity contribution is 6.30. The second kappa shape index (κ2) is 10.2. The van der Waals surface area contributed by atoms with Crippen LogP contribution in [-0.4, -0.2) is 28.0 Å². The van der Waals surface area contributed by atoms with Crippen molar-refractivity contribution >= 4 is 23.5 Å². The molecule has 0 aliphatic carbocycles. The molecular weight excluding hydrogens is 519 g/mol. The first-order chi connectivity index (χ1) is 18.1. The number of aromatic nitrogens is 2. The van der Waals surface area contributed by atoms with Gasteiger partial charge in [0.2, 0.25) is 5.96 Å². The summed E-state index contributed by atoms with van der Waals surface area (Å²) < 4.78 is 43.6. The zero-order chi connectivity index (χ0) is 26.9. The molecule has 1 amide bonds. The highest BCUT2D eigenvalue weighted by Crippen LogP contribution is 2.31. The summed E-state index contributed by atoms with van der Waals surface area (Å²) in [5, 5.41) is 11.8. The average Bonchev–Trinajstić information content (AvgIpc) is 3.60. The van der Waals surface area contributed by atoms with Crippen molar-refractivity contribution < 1.29 is 22.7 Å². The molecule has 1 atom stereocenters. The summed E-state index contributed by atoms with van der Waals surface area (Å²) in [5.41, 5.74) is 7.13. The molecule has 0 saturated carbocycles. The number of hydrogen-bond donors (Lipinski definition) is 2. The summed E-state index contributed by atoms with van der Waals surface area (Å²) in [7, 11) is 0. The van der Waals surface area contributed by atoms with E-state index in [2.05, 4.69) is 20.6 Å². The molecule has 2 N–H and O–H groups in total. The van der Waals surface area contributed by atoms with Crippen molar-refractivity contribution in [1.82, 2.24) is 20.5 Å². The number of hydrogen-bond acceptors (Lipinski definition) is 5. The maximum absolute atomic E-state index is 12.6. The van der Waals surface area contributed by atoms with Gasteiger partial charge in [0.25, 0.3) is 5.91 Å². The third kappa shape index (κ3) is 6.15. The van der Waals surface area contributed by atoms with Gasteiger partial charge in [0.15, 0.2) is 0 Å². The van der Waals surface area contributed by atoms with Gasteiger partial charge in [-0.25, -0.2) is 5.43 Å². The van der Waals surface area contributed by atoms with Crippen molar-refractivity contribution in [2.45, 2.75) is 25.7 Å². The number of nitrogens with one attached hydrogen (secondary N) is 2. The van der Waals surface area contributed by atoms with Crippen LogP contribution in [0, 0.1) is 0 Å². The Morgan fingerprint density at radius 3 is 2.32 bits per heavy atom. The number of carbonyl (C=O) groups excluding carboxylic acids is 1. The van der Waals surface area contributed by atoms with E-state index >= 15 is 0 Å². The molecule has 11 heteroatoms. The topological polar surface area (TPSA) is 90.5 Å². The number of rotatable bonds is 7. The Hall–Kier alpha value is -4.31. The highest BCUT2D eigenvalue weighted by Gasteiger charge is 2.31. The fourth-order valence-electron chi connectivity index (χ4n) is 3.95. The Morgan fingerprint density at radius 2 is 1.71 bits per heavy atom. The van der Waals surface area contributed by atoms with Gasteiger partial charge in [-0.15, -0.1) is 18.3 Å². The van der Waals surface area contributed by atoms with Crippen LogP contribution >= 0.6 is 11.6 Å². The molecule has 38 heavy (non-hydrogen) atoms. The average molecular weight is 540 g/mol. The van der Waals surface area contributed by atoms with Crippen LogP contribution in [0.3, 0.4) is 0 Å². The number of carbonyl (C=O) groups is 1. The molecule has 2 heterocycles. The second-order valence-corrected chi connectivity index (χ2v) is 9.12. The molecule has 3 aromatic carbocycles. The fraction of sp³-hybridized carbons (Fsp3) is 0.148. The van der Waals surface area contributed by atoms with Gasteiger partial charge in [0.1, 0.15) is 5.75 Å². The number of alkyl halides is 3. The van der Waals surface area contributed by atoms with Crippen molar-refractivity contribution in [1.29, 1.82) is 0 Å². The van der Waals surface area contributed by atoms with Gasteiger partial charge in [-0.2, -0.15) is 5.10 Å². The monoisotopic (exact) mass is 539 g/mol. The second-order valence-electron chi connectivity index (χ2n) is 8.68. The van der Waals surface area contributed by atoms with Gasteiger partial charge in [-0.05, 0) is 65.7 Å². The molecule has 0 radical (unpaired) electrons. The van der Waals surface area contributed by atoms with Gasteiger partial charge in [0, 0.05) is 22.1 Å². The van der Waals surface area contributed by atoms with Gasteiger partial charge in [-0.3, -0.25) is 14.8 Å². The lowest BCUT2D eigenvalue weighted by atomic mass is 9.97. The van der Waals surface area contributed by atoms with Crippen molar-refractivity contribution in [3.8, 4) is 17.0 Å². The standard InChI is InChI=1S/C27H21ClF3N5O2/c1-16(18-6-10-21(28)11-7-18)23-14-24(19-8-12-22(13-9-19)38-27(29,30)31)36(35-23)15-17-2-4-20(5-3-17)25(37)32-26-33-34-26/h2-14,16H,15H2,1H3,(H2,32,33,34,37). The largest absolute Gasteiger partial charge is 0.573 e. The predicted octanol–water partition coefficient (Wildman–Crippen LogP) is 5.91. The van der Waals surface area contributed by atoms with Crippen LogP contribution < -0.4 is 15.5 Å². The lowest BCUT2D eigenvalue weighted by Gasteiger charge is -2.11. The fourth-order valence-corrected chi connectivity index (χ4v) is 4.07. The minimum Gasteiger partial charge on any atom is -0.406 e. The normalized spacial score (nSPS) is 13.3. The Bertz CT molecular complexity index is 1480. The van der Waals surface area contributed by atoms with Crippen LogP contribution in [0.25, 0.3) is 11.3 Å². The minimum atomic E-state index is -4.77. The first-order valence-electron chi connectivity index (χ1n) is 11.6. The number of amides is 1. The Morgan fingerprint density at radius 1 is 1.05 bits per heavy atom. The summed E-state index contributed by atoms with van der Waals surface area (Å²) in [6, 6.07) is 22.1. The summed E-state index contributed by atoms with van der Waals surface area (Å²) in [4.78, 5) is 12.2. The highest BCUT2D eigenvalue weighted by atomic mass is 35.5. The van der Waals surface area contributed by atoms with Crippen molar-refractivity contribution in [3.63, 3.8) is 0 Å². The molecular formula is C27H21ClF3N5O2. The number of guanidine groups is 1. The first kappa shape index (κ1) is 25.3. The number of halogens is 4. The van der Waals surface area contributed by atoms with Crippen LogP contribution in [-0.2, 0) is 6.54 Å². The van der Waals surface area contributed by atoms with Gasteiger partial charge >= 0.3 is 6.36 Å². The molecule has 0 bridgehead atoms. The van der Waals surface area contributed by atoms with E-state index < -0.39 is 6.36 Å². The quantitative estimate of drug-likeness (QED) is 0.306. The van der Waals surface area contributed by atoms with E-state index in [1.54, 1.807) is 28.9 Å². The van der Waals surface area contributed by atoms with Crippen LogP contribution in [0.4, 0.5) is 13.2 Å². The van der Waals surface area contributed by atoms with E-state index in [4.69, 9.17) is 16.7 Å². The smallest absolute Gasteiger partial charge is 0.406 e. The Kier molecular flexibility index (Phi) is 6.81. The zero-order valence-electron chi connectivity index (χ0n) is 20.0. The summed E-state index contributed by atoms with van der Waals surface area (Å²) in [6.07, 6.45) is -4.77. The number of benzene rings is 3. The predicted molar refractivity (Wildman–Crippen MR) is 137 cm³/mol. The summed E-state index contributed by atoms with van der Waals surface area (Å²) >= 11 is 6.04. The Balaban J connectivity index is 1.44. The van der Waals surface area contributed by atoms with E-state index in [-0.39, 0.29) is 17.6 Å². The number of nitrogens with zero attached hydrogens (tertiary/aromatic N) is 3. The molecule has 7 nitrogen and oxygen atoms in total. The molecule has 0 fully saturated rings.